The van der Waals surface area contributed by atoms with Crippen LogP contribution in [0.4, 0.5) is 0 Å². The second kappa shape index (κ2) is 11.2. The first-order valence-electron chi connectivity index (χ1n) is 12.8. The molecule has 1 aromatic rings. The third kappa shape index (κ3) is 4.61. The van der Waals surface area contributed by atoms with Gasteiger partial charge in [0.15, 0.2) is 11.5 Å². The van der Waals surface area contributed by atoms with Crippen molar-refractivity contribution in [3.05, 3.63) is 35.4 Å². The van der Waals surface area contributed by atoms with Crippen LogP contribution in [0.25, 0.3) is 0 Å². The van der Waals surface area contributed by atoms with E-state index in [1.165, 1.54) is 11.1 Å². The molecule has 5 rings (SSSR count). The minimum absolute atomic E-state index is 0.0412. The maximum atomic E-state index is 6.71. The van der Waals surface area contributed by atoms with Crippen molar-refractivity contribution in [2.75, 3.05) is 80.7 Å². The van der Waals surface area contributed by atoms with Crippen LogP contribution in [-0.2, 0) is 35.5 Å². The second-order valence-electron chi connectivity index (χ2n) is 9.79. The summed E-state index contributed by atoms with van der Waals surface area (Å²) >= 11 is 0. The summed E-state index contributed by atoms with van der Waals surface area (Å²) in [6.07, 6.45) is 6.58. The molecule has 2 aliphatic heterocycles. The van der Waals surface area contributed by atoms with Crippen LogP contribution in [0.2, 0.25) is 0 Å². The predicted octanol–water partition coefficient (Wildman–Crippen LogP) is 2.22. The zero-order chi connectivity index (χ0) is 24.3. The number of piperidine rings is 1. The average molecular weight is 490 g/mol. The van der Waals surface area contributed by atoms with Gasteiger partial charge < -0.3 is 38.1 Å². The van der Waals surface area contributed by atoms with Gasteiger partial charge in [0.1, 0.15) is 12.2 Å². The molecule has 1 fully saturated rings. The van der Waals surface area contributed by atoms with E-state index in [0.717, 1.165) is 30.9 Å². The number of hydrogen-bond acceptors (Lipinski definition) is 8. The number of benzene rings is 1. The maximum Gasteiger partial charge on any atom is 0.165 e. The summed E-state index contributed by atoms with van der Waals surface area (Å²) in [4.78, 5) is 2.52. The van der Waals surface area contributed by atoms with Crippen molar-refractivity contribution in [2.24, 2.45) is 5.92 Å². The summed E-state index contributed by atoms with van der Waals surface area (Å²) < 4.78 is 40.3. The van der Waals surface area contributed by atoms with E-state index >= 15 is 0 Å². The minimum Gasteiger partial charge on any atom is -0.493 e. The van der Waals surface area contributed by atoms with Crippen LogP contribution in [0, 0.1) is 5.92 Å². The Hall–Kier alpha value is -1.68. The van der Waals surface area contributed by atoms with E-state index in [2.05, 4.69) is 36.2 Å². The third-order valence-electron chi connectivity index (χ3n) is 8.05. The lowest BCUT2D eigenvalue weighted by Crippen LogP contribution is -2.65. The van der Waals surface area contributed by atoms with Crippen LogP contribution in [0.15, 0.2) is 24.3 Å². The maximum absolute atomic E-state index is 6.71. The molecule has 8 nitrogen and oxygen atoms in total. The van der Waals surface area contributed by atoms with E-state index in [9.17, 15) is 0 Å². The van der Waals surface area contributed by atoms with E-state index in [-0.39, 0.29) is 17.6 Å². The van der Waals surface area contributed by atoms with Crippen LogP contribution in [0.3, 0.4) is 0 Å². The number of likely N-dealkylation sites (tertiary alicyclic amines) is 1. The van der Waals surface area contributed by atoms with Crippen LogP contribution >= 0.6 is 0 Å². The summed E-state index contributed by atoms with van der Waals surface area (Å²) in [5, 5.41) is 0. The van der Waals surface area contributed by atoms with E-state index in [4.69, 9.17) is 33.2 Å². The lowest BCUT2D eigenvalue weighted by atomic mass is 9.53. The molecular weight excluding hydrogens is 450 g/mol. The molecule has 1 saturated heterocycles. The smallest absolute Gasteiger partial charge is 0.165 e. The van der Waals surface area contributed by atoms with E-state index in [1.54, 1.807) is 14.2 Å². The SMILES string of the molecule is COCCOCCOCCOCCO[C@H]1C=CC2C3Cc4ccc(OC)c5c4[C@@]2(CCN3C)[C@H]1O5. The van der Waals surface area contributed by atoms with Crippen molar-refractivity contribution >= 4 is 0 Å². The van der Waals surface area contributed by atoms with Gasteiger partial charge in [-0.05, 0) is 38.1 Å². The van der Waals surface area contributed by atoms with Crippen molar-refractivity contribution in [3.8, 4) is 11.5 Å². The van der Waals surface area contributed by atoms with Crippen molar-refractivity contribution in [1.82, 2.24) is 4.90 Å². The monoisotopic (exact) mass is 489 g/mol. The number of ether oxygens (including phenoxy) is 7. The lowest BCUT2D eigenvalue weighted by Gasteiger charge is -2.56. The summed E-state index contributed by atoms with van der Waals surface area (Å²) in [6.45, 7) is 5.49. The quantitative estimate of drug-likeness (QED) is 0.291. The van der Waals surface area contributed by atoms with Gasteiger partial charge in [-0.25, -0.2) is 0 Å². The van der Waals surface area contributed by atoms with Crippen molar-refractivity contribution in [3.63, 3.8) is 0 Å². The molecule has 5 atom stereocenters. The Balaban J connectivity index is 1.15. The van der Waals surface area contributed by atoms with Gasteiger partial charge in [0.2, 0.25) is 0 Å². The summed E-state index contributed by atoms with van der Waals surface area (Å²) in [7, 11) is 5.64. The number of likely N-dealkylation sites (N-methyl/N-ethyl adjacent to an activating group) is 1. The standard InChI is InChI=1S/C27H39NO7/c1-28-9-8-27-20-5-7-23(34-17-16-33-15-14-32-13-12-31-11-10-29-2)26(27)35-25-22(30-3)6-4-19(24(25)27)18-21(20)28/h4-7,20-21,23,26H,8-18H2,1-3H3/t20?,21?,23-,26-,27-/m0/s1. The number of hydrogen-bond donors (Lipinski definition) is 0. The molecule has 2 aliphatic carbocycles. The highest BCUT2D eigenvalue weighted by molar-refractivity contribution is 5.62. The van der Waals surface area contributed by atoms with Gasteiger partial charge in [0.05, 0.1) is 60.0 Å². The molecule has 4 aliphatic rings. The molecule has 2 bridgehead atoms. The van der Waals surface area contributed by atoms with Crippen LogP contribution in [0.1, 0.15) is 17.5 Å². The Kier molecular flexibility index (Phi) is 7.96. The first-order valence-corrected chi connectivity index (χ1v) is 12.8. The molecule has 2 heterocycles. The highest BCUT2D eigenvalue weighted by Crippen LogP contribution is 2.62. The fraction of sp³-hybridized carbons (Fsp3) is 0.704. The molecule has 0 radical (unpaired) electrons. The molecule has 35 heavy (non-hydrogen) atoms. The Morgan fingerprint density at radius 3 is 2.37 bits per heavy atom. The molecule has 1 aromatic carbocycles. The molecule has 1 spiro atoms. The Labute approximate surface area is 208 Å². The van der Waals surface area contributed by atoms with Crippen molar-refractivity contribution in [2.45, 2.75) is 36.5 Å². The fourth-order valence-corrected chi connectivity index (χ4v) is 6.44. The van der Waals surface area contributed by atoms with E-state index < -0.39 is 0 Å². The average Bonchev–Trinajstić information content (AvgIpc) is 3.22. The fourth-order valence-electron chi connectivity index (χ4n) is 6.44. The van der Waals surface area contributed by atoms with Gasteiger partial charge in [0.25, 0.3) is 0 Å². The topological polar surface area (TPSA) is 67.9 Å². The van der Waals surface area contributed by atoms with Gasteiger partial charge in [-0.3, -0.25) is 0 Å². The van der Waals surface area contributed by atoms with Gasteiger partial charge in [-0.2, -0.15) is 0 Å². The zero-order valence-corrected chi connectivity index (χ0v) is 21.2. The zero-order valence-electron chi connectivity index (χ0n) is 21.2. The predicted molar refractivity (Wildman–Crippen MR) is 131 cm³/mol. The third-order valence-corrected chi connectivity index (χ3v) is 8.05. The lowest BCUT2D eigenvalue weighted by molar-refractivity contribution is -0.0818. The van der Waals surface area contributed by atoms with Crippen LogP contribution < -0.4 is 9.47 Å². The highest BCUT2D eigenvalue weighted by Gasteiger charge is 2.64. The van der Waals surface area contributed by atoms with Crippen molar-refractivity contribution in [1.29, 1.82) is 0 Å². The summed E-state index contributed by atoms with van der Waals surface area (Å²) in [5.74, 6) is 2.19. The normalized spacial score (nSPS) is 30.3. The van der Waals surface area contributed by atoms with Crippen LogP contribution in [-0.4, -0.2) is 104 Å². The first kappa shape index (κ1) is 25.0. The summed E-state index contributed by atoms with van der Waals surface area (Å²) in [5.41, 5.74) is 2.72. The number of nitrogens with zero attached hydrogens (tertiary/aromatic N) is 1. The largest absolute Gasteiger partial charge is 0.493 e. The van der Waals surface area contributed by atoms with Crippen molar-refractivity contribution < 1.29 is 33.2 Å². The van der Waals surface area contributed by atoms with E-state index in [1.807, 2.05) is 0 Å². The van der Waals surface area contributed by atoms with Gasteiger partial charge in [-0.1, -0.05) is 18.2 Å². The summed E-state index contributed by atoms with van der Waals surface area (Å²) in [6, 6.07) is 4.79. The highest BCUT2D eigenvalue weighted by atomic mass is 16.6. The Morgan fingerprint density at radius 1 is 0.943 bits per heavy atom. The molecule has 0 amide bonds. The minimum atomic E-state index is -0.109. The van der Waals surface area contributed by atoms with E-state index in [0.29, 0.717) is 64.8 Å². The van der Waals surface area contributed by atoms with Gasteiger partial charge in [-0.15, -0.1) is 0 Å². The molecule has 0 aromatic heterocycles. The molecule has 0 saturated carbocycles. The van der Waals surface area contributed by atoms with Gasteiger partial charge >= 0.3 is 0 Å². The molecule has 0 N–H and O–H groups in total. The first-order chi connectivity index (χ1) is 17.2. The molecular formula is C27H39NO7. The molecule has 2 unspecified atom stereocenters. The van der Waals surface area contributed by atoms with Gasteiger partial charge in [0, 0.05) is 30.0 Å². The Morgan fingerprint density at radius 2 is 1.66 bits per heavy atom. The second-order valence-corrected chi connectivity index (χ2v) is 9.79. The molecule has 194 valence electrons. The number of methoxy groups -OCH3 is 2. The molecule has 8 heteroatoms. The van der Waals surface area contributed by atoms with Crippen LogP contribution in [0.5, 0.6) is 11.5 Å². The Bertz CT molecular complexity index is 893. The number of rotatable bonds is 14.